The van der Waals surface area contributed by atoms with Gasteiger partial charge in [-0.1, -0.05) is 18.0 Å². The molecule has 0 aromatic carbocycles. The van der Waals surface area contributed by atoms with Crippen LogP contribution in [0.2, 0.25) is 5.15 Å². The summed E-state index contributed by atoms with van der Waals surface area (Å²) < 4.78 is 0. The number of carbonyl (C=O) groups excluding carboxylic acids is 1. The molecular formula is C16H16ClN3OS. The van der Waals surface area contributed by atoms with Gasteiger partial charge in [-0.2, -0.15) is 0 Å². The molecular weight excluding hydrogens is 318 g/mol. The number of hydrogen-bond donors (Lipinski definition) is 1. The number of nitrogens with one attached hydrogen (secondary N) is 1. The van der Waals surface area contributed by atoms with E-state index in [-0.39, 0.29) is 11.1 Å². The van der Waals surface area contributed by atoms with Crippen LogP contribution in [0, 0.1) is 11.8 Å². The molecule has 114 valence electrons. The van der Waals surface area contributed by atoms with Gasteiger partial charge in [0.2, 0.25) is 0 Å². The molecule has 4 nitrogen and oxygen atoms in total. The molecule has 0 radical (unpaired) electrons. The summed E-state index contributed by atoms with van der Waals surface area (Å²) in [7, 11) is 0. The summed E-state index contributed by atoms with van der Waals surface area (Å²) >= 11 is 7.50. The van der Waals surface area contributed by atoms with Crippen LogP contribution in [0.5, 0.6) is 0 Å². The third-order valence-corrected chi connectivity index (χ3v) is 6.24. The first kappa shape index (κ1) is 14.2. The fourth-order valence-corrected chi connectivity index (χ4v) is 4.90. The van der Waals surface area contributed by atoms with Crippen molar-refractivity contribution < 1.29 is 4.79 Å². The molecule has 6 heteroatoms. The van der Waals surface area contributed by atoms with Gasteiger partial charge in [0, 0.05) is 24.0 Å². The molecule has 0 spiro atoms. The zero-order chi connectivity index (χ0) is 15.1. The molecule has 2 aromatic heterocycles. The third-order valence-electron chi connectivity index (χ3n) is 4.76. The summed E-state index contributed by atoms with van der Waals surface area (Å²) in [5.41, 5.74) is 0.883. The smallest absolute Gasteiger partial charge is 0.264 e. The van der Waals surface area contributed by atoms with Crippen molar-refractivity contribution in [2.45, 2.75) is 31.7 Å². The first-order valence-electron chi connectivity index (χ1n) is 7.58. The van der Waals surface area contributed by atoms with Crippen molar-refractivity contribution in [3.05, 3.63) is 34.6 Å². The van der Waals surface area contributed by atoms with Crippen LogP contribution in [-0.4, -0.2) is 21.9 Å². The summed E-state index contributed by atoms with van der Waals surface area (Å²) in [5, 5.41) is 4.18. The van der Waals surface area contributed by atoms with Crippen LogP contribution < -0.4 is 5.32 Å². The molecule has 2 saturated carbocycles. The van der Waals surface area contributed by atoms with E-state index in [1.165, 1.54) is 30.6 Å². The van der Waals surface area contributed by atoms with E-state index in [9.17, 15) is 4.79 Å². The minimum absolute atomic E-state index is 0.0878. The standard InChI is InChI=1S/C16H16ClN3OS/c17-14-13(22-16(20-14)11-2-1-5-18-8-11)15(21)19-12-7-9-3-4-10(12)6-9/h1-2,5,8-10,12H,3-4,6-7H2,(H,19,21). The van der Waals surface area contributed by atoms with Crippen LogP contribution in [-0.2, 0) is 0 Å². The number of nitrogens with zero attached hydrogens (tertiary/aromatic N) is 2. The second kappa shape index (κ2) is 5.63. The topological polar surface area (TPSA) is 54.9 Å². The van der Waals surface area contributed by atoms with Gasteiger partial charge >= 0.3 is 0 Å². The molecule has 2 heterocycles. The number of aromatic nitrogens is 2. The minimum Gasteiger partial charge on any atom is -0.348 e. The highest BCUT2D eigenvalue weighted by Gasteiger charge is 2.40. The van der Waals surface area contributed by atoms with Crippen molar-refractivity contribution in [2.75, 3.05) is 0 Å². The first-order chi connectivity index (χ1) is 10.7. The predicted octanol–water partition coefficient (Wildman–Crippen LogP) is 3.78. The van der Waals surface area contributed by atoms with Gasteiger partial charge in [-0.3, -0.25) is 9.78 Å². The summed E-state index contributed by atoms with van der Waals surface area (Å²) in [5.74, 6) is 1.37. The van der Waals surface area contributed by atoms with E-state index < -0.39 is 0 Å². The molecule has 2 aliphatic rings. The Labute approximate surface area is 137 Å². The van der Waals surface area contributed by atoms with Gasteiger partial charge in [-0.25, -0.2) is 4.98 Å². The van der Waals surface area contributed by atoms with Crippen molar-refractivity contribution in [3.8, 4) is 10.6 Å². The summed E-state index contributed by atoms with van der Waals surface area (Å²) in [4.78, 5) is 21.4. The molecule has 1 N–H and O–H groups in total. The molecule has 0 saturated heterocycles. The van der Waals surface area contributed by atoms with Crippen molar-refractivity contribution in [1.82, 2.24) is 15.3 Å². The normalized spacial score (nSPS) is 26.3. The van der Waals surface area contributed by atoms with Crippen LogP contribution in [0.25, 0.3) is 10.6 Å². The van der Waals surface area contributed by atoms with E-state index in [1.54, 1.807) is 12.4 Å². The number of halogens is 1. The van der Waals surface area contributed by atoms with Gasteiger partial charge in [-0.05, 0) is 43.2 Å². The number of carbonyl (C=O) groups is 1. The largest absolute Gasteiger partial charge is 0.348 e. The van der Waals surface area contributed by atoms with Gasteiger partial charge < -0.3 is 5.32 Å². The Bertz CT molecular complexity index is 703. The average Bonchev–Trinajstić information content (AvgIpc) is 3.23. The Morgan fingerprint density at radius 2 is 2.27 bits per heavy atom. The van der Waals surface area contributed by atoms with Gasteiger partial charge in [0.25, 0.3) is 5.91 Å². The fraction of sp³-hybridized carbons (Fsp3) is 0.438. The lowest BCUT2D eigenvalue weighted by Gasteiger charge is -2.22. The number of fused-ring (bicyclic) bond motifs is 2. The molecule has 2 aromatic rings. The highest BCUT2D eigenvalue weighted by Crippen LogP contribution is 2.44. The summed E-state index contributed by atoms with van der Waals surface area (Å²) in [6.45, 7) is 0. The SMILES string of the molecule is O=C(NC1CC2CCC1C2)c1sc(-c2cccnc2)nc1Cl. The number of hydrogen-bond acceptors (Lipinski definition) is 4. The zero-order valence-electron chi connectivity index (χ0n) is 12.0. The zero-order valence-corrected chi connectivity index (χ0v) is 13.5. The number of amides is 1. The van der Waals surface area contributed by atoms with Crippen molar-refractivity contribution in [3.63, 3.8) is 0 Å². The molecule has 3 atom stereocenters. The molecule has 3 unspecified atom stereocenters. The van der Waals surface area contributed by atoms with Gasteiger partial charge in [0.05, 0.1) is 0 Å². The third kappa shape index (κ3) is 2.52. The van der Waals surface area contributed by atoms with E-state index in [0.717, 1.165) is 22.9 Å². The van der Waals surface area contributed by atoms with E-state index in [2.05, 4.69) is 15.3 Å². The number of pyridine rings is 1. The Hall–Kier alpha value is -1.46. The maximum absolute atomic E-state index is 12.5. The molecule has 2 aliphatic carbocycles. The lowest BCUT2D eigenvalue weighted by atomic mass is 9.95. The maximum Gasteiger partial charge on any atom is 0.264 e. The van der Waals surface area contributed by atoms with Crippen molar-refractivity contribution in [2.24, 2.45) is 11.8 Å². The lowest BCUT2D eigenvalue weighted by molar-refractivity contribution is 0.0927. The molecule has 2 bridgehead atoms. The lowest BCUT2D eigenvalue weighted by Crippen LogP contribution is -2.38. The highest BCUT2D eigenvalue weighted by molar-refractivity contribution is 7.17. The van der Waals surface area contributed by atoms with Crippen molar-refractivity contribution in [1.29, 1.82) is 0 Å². The van der Waals surface area contributed by atoms with Crippen LogP contribution in [0.1, 0.15) is 35.4 Å². The molecule has 2 fully saturated rings. The summed E-state index contributed by atoms with van der Waals surface area (Å²) in [6, 6.07) is 4.07. The molecule has 22 heavy (non-hydrogen) atoms. The highest BCUT2D eigenvalue weighted by atomic mass is 35.5. The Kier molecular flexibility index (Phi) is 3.62. The maximum atomic E-state index is 12.5. The Morgan fingerprint density at radius 3 is 2.95 bits per heavy atom. The van der Waals surface area contributed by atoms with E-state index >= 15 is 0 Å². The first-order valence-corrected chi connectivity index (χ1v) is 8.77. The number of thiazole rings is 1. The van der Waals surface area contributed by atoms with E-state index in [4.69, 9.17) is 11.6 Å². The van der Waals surface area contributed by atoms with Crippen LogP contribution in [0.15, 0.2) is 24.5 Å². The molecule has 1 amide bonds. The van der Waals surface area contributed by atoms with Crippen LogP contribution >= 0.6 is 22.9 Å². The van der Waals surface area contributed by atoms with Crippen LogP contribution in [0.4, 0.5) is 0 Å². The average molecular weight is 334 g/mol. The fourth-order valence-electron chi connectivity index (χ4n) is 3.71. The Morgan fingerprint density at radius 1 is 1.36 bits per heavy atom. The quantitative estimate of drug-likeness (QED) is 0.930. The molecule has 4 rings (SSSR count). The molecule has 0 aliphatic heterocycles. The predicted molar refractivity (Wildman–Crippen MR) is 87.1 cm³/mol. The monoisotopic (exact) mass is 333 g/mol. The minimum atomic E-state index is -0.0878. The Balaban J connectivity index is 1.52. The number of rotatable bonds is 3. The van der Waals surface area contributed by atoms with Gasteiger partial charge in [0.1, 0.15) is 9.88 Å². The van der Waals surface area contributed by atoms with Gasteiger partial charge in [0.15, 0.2) is 5.15 Å². The second-order valence-electron chi connectivity index (χ2n) is 6.14. The summed E-state index contributed by atoms with van der Waals surface area (Å²) in [6.07, 6.45) is 8.38. The van der Waals surface area contributed by atoms with E-state index in [1.807, 2.05) is 12.1 Å². The van der Waals surface area contributed by atoms with Crippen molar-refractivity contribution >= 4 is 28.8 Å². The van der Waals surface area contributed by atoms with Crippen LogP contribution in [0.3, 0.4) is 0 Å². The van der Waals surface area contributed by atoms with Gasteiger partial charge in [-0.15, -0.1) is 11.3 Å². The second-order valence-corrected chi connectivity index (χ2v) is 7.49. The van der Waals surface area contributed by atoms with E-state index in [0.29, 0.717) is 16.8 Å².